The summed E-state index contributed by atoms with van der Waals surface area (Å²) < 4.78 is 16.3. The van der Waals surface area contributed by atoms with Gasteiger partial charge in [0.15, 0.2) is 6.61 Å². The first-order valence-electron chi connectivity index (χ1n) is 8.45. The Morgan fingerprint density at radius 2 is 1.89 bits per heavy atom. The number of halogens is 1. The van der Waals surface area contributed by atoms with E-state index in [-0.39, 0.29) is 18.3 Å². The Morgan fingerprint density at radius 1 is 1.11 bits per heavy atom. The summed E-state index contributed by atoms with van der Waals surface area (Å²) in [4.78, 5) is 13.7. The number of carbonyl (C=O) groups excluding carboxylic acids is 1. The molecule has 4 rings (SSSR count). The zero-order valence-electron chi connectivity index (χ0n) is 14.8. The van der Waals surface area contributed by atoms with E-state index in [4.69, 9.17) is 25.2 Å². The van der Waals surface area contributed by atoms with Crippen molar-refractivity contribution in [1.29, 1.82) is 0 Å². The smallest absolute Gasteiger partial charge is 0.375 e. The summed E-state index contributed by atoms with van der Waals surface area (Å²) in [6.45, 7) is 1.56. The van der Waals surface area contributed by atoms with Crippen LogP contribution in [0.2, 0.25) is 5.02 Å². The zero-order valence-corrected chi connectivity index (χ0v) is 16.4. The molecule has 4 aromatic rings. The Morgan fingerprint density at radius 3 is 2.64 bits per heavy atom. The third-order valence-electron chi connectivity index (χ3n) is 3.98. The summed E-state index contributed by atoms with van der Waals surface area (Å²) in [5, 5.41) is 9.09. The minimum atomic E-state index is -0.571. The molecular formula is C20H15ClN2O4S. The second-order valence-electron chi connectivity index (χ2n) is 5.94. The summed E-state index contributed by atoms with van der Waals surface area (Å²) in [5.41, 5.74) is 1.41. The monoisotopic (exact) mass is 414 g/mol. The molecule has 0 bridgehead atoms. The highest BCUT2D eigenvalue weighted by Crippen LogP contribution is 2.33. The van der Waals surface area contributed by atoms with E-state index in [1.165, 1.54) is 0 Å². The van der Waals surface area contributed by atoms with Crippen LogP contribution < -0.4 is 0 Å². The van der Waals surface area contributed by atoms with Crippen molar-refractivity contribution in [3.63, 3.8) is 0 Å². The molecule has 0 unspecified atom stereocenters. The molecule has 8 heteroatoms. The number of rotatable bonds is 6. The molecule has 0 saturated carbocycles. The Bertz CT molecular complexity index is 1120. The molecule has 0 N–H and O–H groups in total. The van der Waals surface area contributed by atoms with Gasteiger partial charge in [-0.1, -0.05) is 29.8 Å². The SMILES string of the molecule is Cc1nnc(COC(=O)c2oc3ccccc3c2CSc2ccc(Cl)cc2)o1. The van der Waals surface area contributed by atoms with E-state index in [0.717, 1.165) is 15.8 Å². The maximum absolute atomic E-state index is 12.6. The summed E-state index contributed by atoms with van der Waals surface area (Å²) in [6, 6.07) is 15.1. The average molecular weight is 415 g/mol. The number of aryl methyl sites for hydroxylation is 1. The van der Waals surface area contributed by atoms with Crippen LogP contribution in [0.3, 0.4) is 0 Å². The summed E-state index contributed by atoms with van der Waals surface area (Å²) >= 11 is 7.52. The quantitative estimate of drug-likeness (QED) is 0.307. The molecule has 0 aliphatic rings. The normalized spacial score (nSPS) is 11.1. The van der Waals surface area contributed by atoms with Crippen LogP contribution >= 0.6 is 23.4 Å². The number of aromatic nitrogens is 2. The molecule has 0 atom stereocenters. The number of ether oxygens (including phenoxy) is 1. The largest absolute Gasteiger partial charge is 0.450 e. The van der Waals surface area contributed by atoms with Crippen LogP contribution in [0.1, 0.15) is 27.9 Å². The molecule has 0 radical (unpaired) electrons. The fourth-order valence-electron chi connectivity index (χ4n) is 2.68. The molecule has 6 nitrogen and oxygen atoms in total. The number of hydrogen-bond donors (Lipinski definition) is 0. The number of carbonyl (C=O) groups is 1. The van der Waals surface area contributed by atoms with Gasteiger partial charge in [-0.05, 0) is 30.3 Å². The van der Waals surface area contributed by atoms with E-state index in [9.17, 15) is 4.79 Å². The van der Waals surface area contributed by atoms with Crippen LogP contribution in [0.5, 0.6) is 0 Å². The van der Waals surface area contributed by atoms with Crippen LogP contribution in [-0.4, -0.2) is 16.2 Å². The van der Waals surface area contributed by atoms with Crippen molar-refractivity contribution in [2.45, 2.75) is 24.2 Å². The minimum Gasteiger partial charge on any atom is -0.450 e. The Labute approximate surface area is 169 Å². The molecule has 0 fully saturated rings. The Balaban J connectivity index is 1.57. The molecule has 2 aromatic heterocycles. The molecule has 0 aliphatic heterocycles. The van der Waals surface area contributed by atoms with Crippen molar-refractivity contribution >= 4 is 40.3 Å². The van der Waals surface area contributed by atoms with Gasteiger partial charge < -0.3 is 13.6 Å². The Kier molecular flexibility index (Phi) is 5.36. The topological polar surface area (TPSA) is 78.4 Å². The summed E-state index contributed by atoms with van der Waals surface area (Å²) in [7, 11) is 0. The highest BCUT2D eigenvalue weighted by Gasteiger charge is 2.22. The lowest BCUT2D eigenvalue weighted by atomic mass is 10.1. The van der Waals surface area contributed by atoms with Crippen LogP contribution in [0.25, 0.3) is 11.0 Å². The molecule has 28 heavy (non-hydrogen) atoms. The summed E-state index contributed by atoms with van der Waals surface area (Å²) in [5.74, 6) is 0.800. The minimum absolute atomic E-state index is 0.111. The highest BCUT2D eigenvalue weighted by atomic mass is 35.5. The van der Waals surface area contributed by atoms with Crippen molar-refractivity contribution in [2.24, 2.45) is 0 Å². The van der Waals surface area contributed by atoms with Crippen LogP contribution in [0, 0.1) is 6.92 Å². The number of thioether (sulfide) groups is 1. The number of hydrogen-bond acceptors (Lipinski definition) is 7. The number of fused-ring (bicyclic) bond motifs is 1. The van der Waals surface area contributed by atoms with E-state index >= 15 is 0 Å². The van der Waals surface area contributed by atoms with Crippen LogP contribution in [-0.2, 0) is 17.1 Å². The van der Waals surface area contributed by atoms with Crippen molar-refractivity contribution in [3.8, 4) is 0 Å². The summed E-state index contributed by atoms with van der Waals surface area (Å²) in [6.07, 6.45) is 0. The number of esters is 1. The second kappa shape index (κ2) is 8.08. The molecule has 0 aliphatic carbocycles. The van der Waals surface area contributed by atoms with Gasteiger partial charge in [0.05, 0.1) is 0 Å². The van der Waals surface area contributed by atoms with Gasteiger partial charge in [0.25, 0.3) is 5.89 Å². The number of benzene rings is 2. The van der Waals surface area contributed by atoms with E-state index < -0.39 is 5.97 Å². The first-order chi connectivity index (χ1) is 13.6. The third kappa shape index (κ3) is 4.05. The molecule has 2 heterocycles. The molecule has 0 spiro atoms. The molecular weight excluding hydrogens is 400 g/mol. The van der Waals surface area contributed by atoms with Crippen molar-refractivity contribution in [1.82, 2.24) is 10.2 Å². The standard InChI is InChI=1S/C20H15ClN2O4S/c1-12-22-23-18(26-12)10-25-20(24)19-16(15-4-2-3-5-17(15)27-19)11-28-14-8-6-13(21)7-9-14/h2-9H,10-11H2,1H3. The number of para-hydroxylation sites is 1. The van der Waals surface area contributed by atoms with Crippen LogP contribution in [0.15, 0.2) is 62.3 Å². The second-order valence-corrected chi connectivity index (χ2v) is 7.42. The Hall–Kier alpha value is -2.77. The fourth-order valence-corrected chi connectivity index (χ4v) is 3.73. The third-order valence-corrected chi connectivity index (χ3v) is 5.27. The number of nitrogens with zero attached hydrogens (tertiary/aromatic N) is 2. The lowest BCUT2D eigenvalue weighted by molar-refractivity contribution is 0.0402. The van der Waals surface area contributed by atoms with Gasteiger partial charge in [-0.25, -0.2) is 4.79 Å². The van der Waals surface area contributed by atoms with Crippen molar-refractivity contribution in [2.75, 3.05) is 0 Å². The maximum atomic E-state index is 12.6. The van der Waals surface area contributed by atoms with Gasteiger partial charge in [-0.2, -0.15) is 0 Å². The predicted octanol–water partition coefficient (Wildman–Crippen LogP) is 5.43. The molecule has 0 amide bonds. The lowest BCUT2D eigenvalue weighted by Gasteiger charge is -2.04. The van der Waals surface area contributed by atoms with Crippen molar-refractivity contribution < 1.29 is 18.4 Å². The number of furan rings is 1. The predicted molar refractivity (Wildman–Crippen MR) is 105 cm³/mol. The average Bonchev–Trinajstić information content (AvgIpc) is 3.29. The molecule has 142 valence electrons. The zero-order chi connectivity index (χ0) is 19.5. The van der Waals surface area contributed by atoms with E-state index in [1.54, 1.807) is 18.7 Å². The van der Waals surface area contributed by atoms with Gasteiger partial charge in [0.2, 0.25) is 11.7 Å². The van der Waals surface area contributed by atoms with Crippen LogP contribution in [0.4, 0.5) is 0 Å². The molecule has 0 saturated heterocycles. The van der Waals surface area contributed by atoms with Crippen molar-refractivity contribution in [3.05, 3.63) is 76.7 Å². The van der Waals surface area contributed by atoms with E-state index in [1.807, 2.05) is 48.5 Å². The molecule has 2 aromatic carbocycles. The highest BCUT2D eigenvalue weighted by molar-refractivity contribution is 7.98. The van der Waals surface area contributed by atoms with Gasteiger partial charge >= 0.3 is 5.97 Å². The lowest BCUT2D eigenvalue weighted by Crippen LogP contribution is -2.06. The fraction of sp³-hybridized carbons (Fsp3) is 0.150. The maximum Gasteiger partial charge on any atom is 0.375 e. The van der Waals surface area contributed by atoms with Gasteiger partial charge in [-0.15, -0.1) is 22.0 Å². The van der Waals surface area contributed by atoms with E-state index in [0.29, 0.717) is 22.2 Å². The van der Waals surface area contributed by atoms with Gasteiger partial charge in [-0.3, -0.25) is 0 Å². The first-order valence-corrected chi connectivity index (χ1v) is 9.81. The first kappa shape index (κ1) is 18.6. The van der Waals surface area contributed by atoms with Gasteiger partial charge in [0, 0.05) is 33.5 Å². The van der Waals surface area contributed by atoms with Gasteiger partial charge in [0.1, 0.15) is 5.58 Å². The van der Waals surface area contributed by atoms with E-state index in [2.05, 4.69) is 10.2 Å².